The zero-order chi connectivity index (χ0) is 23.6. The first-order valence-electron chi connectivity index (χ1n) is 9.34. The van der Waals surface area contributed by atoms with Crippen molar-refractivity contribution in [2.24, 2.45) is 0 Å². The molecule has 0 bridgehead atoms. The molecule has 0 aliphatic carbocycles. The molecule has 0 saturated heterocycles. The third-order valence-electron chi connectivity index (χ3n) is 4.42. The van der Waals surface area contributed by atoms with Gasteiger partial charge in [-0.1, -0.05) is 17.8 Å². The van der Waals surface area contributed by atoms with Gasteiger partial charge < -0.3 is 10.1 Å². The Hall–Kier alpha value is -3.87. The summed E-state index contributed by atoms with van der Waals surface area (Å²) in [7, 11) is 1.52. The summed E-state index contributed by atoms with van der Waals surface area (Å²) in [6, 6.07) is 11.0. The number of hydrogen-bond acceptors (Lipinski definition) is 7. The van der Waals surface area contributed by atoms with Gasteiger partial charge in [-0.2, -0.15) is 22.8 Å². The Morgan fingerprint density at radius 1 is 1.18 bits per heavy atom. The van der Waals surface area contributed by atoms with Crippen molar-refractivity contribution < 1.29 is 22.7 Å². The minimum atomic E-state index is -4.51. The largest absolute Gasteiger partial charge is 0.497 e. The molecule has 2 aromatic carbocycles. The standard InChI is InChI=1S/C20H15F3N6O3S/c1-32-14-7-5-11(6-8-14)16-17(31)25-18-26-27-19(29(18)28-16)33-10-15(30)24-13-4-2-3-12(9-13)20(21,22)23/h2-9H,10H2,1H3,(H,24,30)(H,25,26,31). The van der Waals surface area contributed by atoms with Gasteiger partial charge in [-0.25, -0.2) is 0 Å². The number of ether oxygens (including phenoxy) is 1. The zero-order valence-electron chi connectivity index (χ0n) is 16.9. The van der Waals surface area contributed by atoms with Crippen LogP contribution in [0.1, 0.15) is 5.56 Å². The van der Waals surface area contributed by atoms with Crippen molar-refractivity contribution in [3.05, 3.63) is 64.4 Å². The van der Waals surface area contributed by atoms with Gasteiger partial charge in [-0.3, -0.25) is 14.6 Å². The molecule has 0 radical (unpaired) electrons. The number of methoxy groups -OCH3 is 1. The molecule has 0 saturated carbocycles. The number of fused-ring (bicyclic) bond motifs is 1. The molecular formula is C20H15F3N6O3S. The maximum absolute atomic E-state index is 12.8. The molecule has 4 rings (SSSR count). The van der Waals surface area contributed by atoms with Gasteiger partial charge in [0, 0.05) is 11.3 Å². The molecule has 2 heterocycles. The highest BCUT2D eigenvalue weighted by Crippen LogP contribution is 2.30. The van der Waals surface area contributed by atoms with Crippen molar-refractivity contribution in [1.82, 2.24) is 24.8 Å². The lowest BCUT2D eigenvalue weighted by molar-refractivity contribution is -0.137. The van der Waals surface area contributed by atoms with E-state index in [1.54, 1.807) is 24.3 Å². The summed E-state index contributed by atoms with van der Waals surface area (Å²) < 4.78 is 44.9. The minimum Gasteiger partial charge on any atom is -0.497 e. The molecule has 2 aromatic heterocycles. The molecule has 0 unspecified atom stereocenters. The molecule has 0 aliphatic heterocycles. The number of aromatic amines is 1. The third kappa shape index (κ3) is 4.98. The van der Waals surface area contributed by atoms with Crippen LogP contribution in [0.2, 0.25) is 0 Å². The van der Waals surface area contributed by atoms with Crippen LogP contribution in [-0.4, -0.2) is 43.6 Å². The Morgan fingerprint density at radius 3 is 2.64 bits per heavy atom. The van der Waals surface area contributed by atoms with Crippen LogP contribution in [0.5, 0.6) is 5.75 Å². The predicted molar refractivity (Wildman–Crippen MR) is 114 cm³/mol. The number of H-pyrrole nitrogens is 1. The number of amides is 1. The fraction of sp³-hybridized carbons (Fsp3) is 0.150. The lowest BCUT2D eigenvalue weighted by atomic mass is 10.1. The van der Waals surface area contributed by atoms with Crippen LogP contribution in [0.3, 0.4) is 0 Å². The van der Waals surface area contributed by atoms with Crippen molar-refractivity contribution >= 4 is 29.1 Å². The lowest BCUT2D eigenvalue weighted by Gasteiger charge is -2.09. The van der Waals surface area contributed by atoms with E-state index < -0.39 is 23.2 Å². The number of hydrogen-bond donors (Lipinski definition) is 2. The summed E-state index contributed by atoms with van der Waals surface area (Å²) in [6.45, 7) is 0. The van der Waals surface area contributed by atoms with E-state index in [9.17, 15) is 22.8 Å². The van der Waals surface area contributed by atoms with Crippen molar-refractivity contribution in [3.63, 3.8) is 0 Å². The van der Waals surface area contributed by atoms with Gasteiger partial charge in [0.15, 0.2) is 5.69 Å². The smallest absolute Gasteiger partial charge is 0.416 e. The highest BCUT2D eigenvalue weighted by Gasteiger charge is 2.30. The quantitative estimate of drug-likeness (QED) is 0.411. The van der Waals surface area contributed by atoms with Crippen LogP contribution in [0, 0.1) is 0 Å². The second-order valence-electron chi connectivity index (χ2n) is 6.66. The van der Waals surface area contributed by atoms with E-state index >= 15 is 0 Å². The summed E-state index contributed by atoms with van der Waals surface area (Å²) in [4.78, 5) is 27.2. The highest BCUT2D eigenvalue weighted by molar-refractivity contribution is 7.99. The van der Waals surface area contributed by atoms with Crippen LogP contribution in [0.15, 0.2) is 58.5 Å². The number of nitrogens with one attached hydrogen (secondary N) is 2. The Kier molecular flexibility index (Phi) is 6.05. The molecule has 4 aromatic rings. The number of thioether (sulfide) groups is 1. The van der Waals surface area contributed by atoms with Crippen LogP contribution in [0.4, 0.5) is 18.9 Å². The number of carbonyl (C=O) groups excluding carboxylic acids is 1. The molecule has 0 fully saturated rings. The van der Waals surface area contributed by atoms with Gasteiger partial charge in [0.1, 0.15) is 5.75 Å². The Morgan fingerprint density at radius 2 is 1.94 bits per heavy atom. The molecular weight excluding hydrogens is 461 g/mol. The second-order valence-corrected chi connectivity index (χ2v) is 7.61. The first-order valence-corrected chi connectivity index (χ1v) is 10.3. The Bertz CT molecular complexity index is 1370. The van der Waals surface area contributed by atoms with Gasteiger partial charge in [0.25, 0.3) is 11.3 Å². The summed E-state index contributed by atoms with van der Waals surface area (Å²) in [5.41, 5.74) is -0.675. The van der Waals surface area contributed by atoms with E-state index in [0.29, 0.717) is 11.3 Å². The van der Waals surface area contributed by atoms with Crippen LogP contribution >= 0.6 is 11.8 Å². The third-order valence-corrected chi connectivity index (χ3v) is 5.34. The lowest BCUT2D eigenvalue weighted by Crippen LogP contribution is -2.17. The maximum atomic E-state index is 12.8. The number of carbonyl (C=O) groups is 1. The van der Waals surface area contributed by atoms with Crippen LogP contribution in [0.25, 0.3) is 17.0 Å². The van der Waals surface area contributed by atoms with Crippen molar-refractivity contribution in [3.8, 4) is 17.0 Å². The molecule has 13 heteroatoms. The average Bonchev–Trinajstić information content (AvgIpc) is 3.18. The van der Waals surface area contributed by atoms with Gasteiger partial charge in [-0.15, -0.1) is 10.2 Å². The Balaban J connectivity index is 1.51. The Labute approximate surface area is 188 Å². The summed E-state index contributed by atoms with van der Waals surface area (Å²) in [5, 5.41) is 14.7. The predicted octanol–water partition coefficient (Wildman–Crippen LogP) is 3.24. The molecule has 33 heavy (non-hydrogen) atoms. The maximum Gasteiger partial charge on any atom is 0.416 e. The molecule has 0 aliphatic rings. The fourth-order valence-corrected chi connectivity index (χ4v) is 3.55. The van der Waals surface area contributed by atoms with Crippen LogP contribution < -0.4 is 15.6 Å². The van der Waals surface area contributed by atoms with Crippen LogP contribution in [-0.2, 0) is 11.0 Å². The molecule has 1 amide bonds. The number of alkyl halides is 3. The van der Waals surface area contributed by atoms with Crippen molar-refractivity contribution in [2.75, 3.05) is 18.2 Å². The first kappa shape index (κ1) is 22.3. The van der Waals surface area contributed by atoms with E-state index in [0.717, 1.165) is 23.9 Å². The van der Waals surface area contributed by atoms with E-state index in [2.05, 4.69) is 25.6 Å². The van der Waals surface area contributed by atoms with Crippen molar-refractivity contribution in [1.29, 1.82) is 0 Å². The number of nitrogens with zero attached hydrogens (tertiary/aromatic N) is 4. The van der Waals surface area contributed by atoms with Gasteiger partial charge in [0.2, 0.25) is 11.1 Å². The summed E-state index contributed by atoms with van der Waals surface area (Å²) in [5.74, 6) is -0.0204. The average molecular weight is 476 g/mol. The van der Waals surface area contributed by atoms with Gasteiger partial charge >= 0.3 is 6.18 Å². The number of anilines is 1. The minimum absolute atomic E-state index is 0.0192. The van der Waals surface area contributed by atoms with Gasteiger partial charge in [-0.05, 0) is 42.5 Å². The monoisotopic (exact) mass is 476 g/mol. The normalized spacial score (nSPS) is 11.5. The fourth-order valence-electron chi connectivity index (χ4n) is 2.87. The van der Waals surface area contributed by atoms with E-state index in [-0.39, 0.29) is 28.1 Å². The topological polar surface area (TPSA) is 114 Å². The number of benzene rings is 2. The summed E-state index contributed by atoms with van der Waals surface area (Å²) in [6.07, 6.45) is -4.51. The van der Waals surface area contributed by atoms with E-state index in [1.807, 2.05) is 0 Å². The second kappa shape index (κ2) is 8.94. The molecule has 0 spiro atoms. The summed E-state index contributed by atoms with van der Waals surface area (Å²) >= 11 is 0.960. The first-order chi connectivity index (χ1) is 15.7. The molecule has 170 valence electrons. The molecule has 9 nitrogen and oxygen atoms in total. The van der Waals surface area contributed by atoms with E-state index in [1.165, 1.54) is 23.8 Å². The van der Waals surface area contributed by atoms with Crippen molar-refractivity contribution in [2.45, 2.75) is 11.3 Å². The van der Waals surface area contributed by atoms with Gasteiger partial charge in [0.05, 0.1) is 18.4 Å². The zero-order valence-corrected chi connectivity index (χ0v) is 17.7. The number of rotatable bonds is 6. The molecule has 2 N–H and O–H groups in total. The number of aromatic nitrogens is 5. The molecule has 0 atom stereocenters. The highest BCUT2D eigenvalue weighted by atomic mass is 32.2. The van der Waals surface area contributed by atoms with E-state index in [4.69, 9.17) is 4.74 Å². The SMILES string of the molecule is COc1ccc(-c2nn3c(SCC(=O)Nc4cccc(C(F)(F)F)c4)nnc3[nH]c2=O)cc1. The number of halogens is 3.